The molecule has 0 radical (unpaired) electrons. The maximum atomic E-state index is 10.9. The number of hydrogen-bond acceptors (Lipinski definition) is 2. The number of aliphatic hydroxyl groups is 1. The Morgan fingerprint density at radius 3 is 2.64 bits per heavy atom. The van der Waals surface area contributed by atoms with Crippen molar-refractivity contribution in [2.24, 2.45) is 5.92 Å². The lowest BCUT2D eigenvalue weighted by Gasteiger charge is -2.34. The van der Waals surface area contributed by atoms with Crippen LogP contribution in [0.25, 0.3) is 0 Å². The van der Waals surface area contributed by atoms with Gasteiger partial charge in [0.2, 0.25) is 5.91 Å². The Bertz CT molecular complexity index is 200. The summed E-state index contributed by atoms with van der Waals surface area (Å²) in [5.41, 5.74) is -0.700. The van der Waals surface area contributed by atoms with Crippen molar-refractivity contribution in [1.82, 2.24) is 5.32 Å². The van der Waals surface area contributed by atoms with E-state index in [2.05, 4.69) is 12.2 Å². The van der Waals surface area contributed by atoms with Gasteiger partial charge in [0.05, 0.1) is 5.60 Å². The Kier molecular flexibility index (Phi) is 4.20. The lowest BCUT2D eigenvalue weighted by atomic mass is 9.79. The molecule has 0 bridgehead atoms. The molecule has 82 valence electrons. The topological polar surface area (TPSA) is 49.3 Å². The standard InChI is InChI=1S/C10H18ClNO2/c1-8-2-4-10(14,5-3-8)7-12-9(13)6-11/h8,14H,2-7H2,1H3,(H,12,13). The molecule has 0 aromatic rings. The van der Waals surface area contributed by atoms with Gasteiger partial charge in [-0.25, -0.2) is 0 Å². The van der Waals surface area contributed by atoms with E-state index < -0.39 is 5.60 Å². The molecule has 3 nitrogen and oxygen atoms in total. The molecule has 1 aliphatic rings. The van der Waals surface area contributed by atoms with Crippen molar-refractivity contribution in [2.45, 2.75) is 38.2 Å². The molecule has 2 N–H and O–H groups in total. The minimum atomic E-state index is -0.700. The molecular weight excluding hydrogens is 202 g/mol. The summed E-state index contributed by atoms with van der Waals surface area (Å²) in [7, 11) is 0. The number of halogens is 1. The van der Waals surface area contributed by atoms with Crippen molar-refractivity contribution in [2.75, 3.05) is 12.4 Å². The molecule has 0 spiro atoms. The quantitative estimate of drug-likeness (QED) is 0.703. The van der Waals surface area contributed by atoms with E-state index in [4.69, 9.17) is 11.6 Å². The highest BCUT2D eigenvalue weighted by Crippen LogP contribution is 2.31. The van der Waals surface area contributed by atoms with E-state index >= 15 is 0 Å². The van der Waals surface area contributed by atoms with Gasteiger partial charge in [-0.3, -0.25) is 4.79 Å². The van der Waals surface area contributed by atoms with Gasteiger partial charge in [0.15, 0.2) is 0 Å². The molecular formula is C10H18ClNO2. The van der Waals surface area contributed by atoms with E-state index in [1.807, 2.05) is 0 Å². The van der Waals surface area contributed by atoms with Crippen LogP contribution in [0.2, 0.25) is 0 Å². The number of rotatable bonds is 3. The molecule has 4 heteroatoms. The number of carbonyl (C=O) groups excluding carboxylic acids is 1. The zero-order chi connectivity index (χ0) is 10.6. The number of hydrogen-bond donors (Lipinski definition) is 2. The highest BCUT2D eigenvalue weighted by atomic mass is 35.5. The van der Waals surface area contributed by atoms with Gasteiger partial charge in [0.25, 0.3) is 0 Å². The lowest BCUT2D eigenvalue weighted by molar-refractivity contribution is -0.120. The maximum absolute atomic E-state index is 10.9. The first-order valence-corrected chi connectivity index (χ1v) is 5.64. The van der Waals surface area contributed by atoms with Crippen molar-refractivity contribution < 1.29 is 9.90 Å². The normalized spacial score (nSPS) is 32.6. The monoisotopic (exact) mass is 219 g/mol. The molecule has 0 heterocycles. The number of nitrogens with one attached hydrogen (secondary N) is 1. The molecule has 1 saturated carbocycles. The summed E-state index contributed by atoms with van der Waals surface area (Å²) >= 11 is 5.34. The summed E-state index contributed by atoms with van der Waals surface area (Å²) in [6, 6.07) is 0. The Balaban J connectivity index is 2.31. The summed E-state index contributed by atoms with van der Waals surface area (Å²) in [5.74, 6) is 0.449. The fourth-order valence-electron chi connectivity index (χ4n) is 1.79. The van der Waals surface area contributed by atoms with Gasteiger partial charge in [-0.2, -0.15) is 0 Å². The molecule has 0 saturated heterocycles. The summed E-state index contributed by atoms with van der Waals surface area (Å²) in [5, 5.41) is 12.7. The molecule has 1 aliphatic carbocycles. The second kappa shape index (κ2) is 4.99. The van der Waals surface area contributed by atoms with Crippen LogP contribution in [0.3, 0.4) is 0 Å². The summed E-state index contributed by atoms with van der Waals surface area (Å²) in [6.07, 6.45) is 3.62. The Labute approximate surface area is 89.8 Å². The van der Waals surface area contributed by atoms with Crippen LogP contribution < -0.4 is 5.32 Å². The molecule has 0 unspecified atom stereocenters. The van der Waals surface area contributed by atoms with Crippen LogP contribution in [-0.4, -0.2) is 29.0 Å². The predicted molar refractivity (Wildman–Crippen MR) is 56.3 cm³/mol. The average molecular weight is 220 g/mol. The predicted octanol–water partition coefficient (Wildman–Crippen LogP) is 1.28. The first-order valence-electron chi connectivity index (χ1n) is 5.11. The van der Waals surface area contributed by atoms with Crippen molar-refractivity contribution in [3.05, 3.63) is 0 Å². The molecule has 1 fully saturated rings. The minimum Gasteiger partial charge on any atom is -0.388 e. The number of carbonyl (C=O) groups is 1. The van der Waals surface area contributed by atoms with E-state index in [1.54, 1.807) is 0 Å². The zero-order valence-corrected chi connectivity index (χ0v) is 9.31. The maximum Gasteiger partial charge on any atom is 0.235 e. The summed E-state index contributed by atoms with van der Waals surface area (Å²) in [6.45, 7) is 2.53. The average Bonchev–Trinajstić information content (AvgIpc) is 2.20. The smallest absolute Gasteiger partial charge is 0.235 e. The molecule has 0 atom stereocenters. The van der Waals surface area contributed by atoms with Gasteiger partial charge >= 0.3 is 0 Å². The van der Waals surface area contributed by atoms with E-state index in [0.717, 1.165) is 25.7 Å². The molecule has 1 amide bonds. The molecule has 0 aliphatic heterocycles. The van der Waals surface area contributed by atoms with E-state index in [-0.39, 0.29) is 11.8 Å². The third-order valence-corrected chi connectivity index (χ3v) is 3.18. The van der Waals surface area contributed by atoms with Gasteiger partial charge < -0.3 is 10.4 Å². The minimum absolute atomic E-state index is 0.0352. The van der Waals surface area contributed by atoms with Crippen molar-refractivity contribution in [3.63, 3.8) is 0 Å². The molecule has 0 aromatic carbocycles. The third kappa shape index (κ3) is 3.46. The van der Waals surface area contributed by atoms with E-state index in [9.17, 15) is 9.90 Å². The van der Waals surface area contributed by atoms with Crippen LogP contribution in [0.1, 0.15) is 32.6 Å². The van der Waals surface area contributed by atoms with E-state index in [0.29, 0.717) is 12.5 Å². The van der Waals surface area contributed by atoms with Gasteiger partial charge in [0, 0.05) is 6.54 Å². The van der Waals surface area contributed by atoms with E-state index in [1.165, 1.54) is 0 Å². The molecule has 0 aromatic heterocycles. The van der Waals surface area contributed by atoms with Crippen LogP contribution in [0.4, 0.5) is 0 Å². The SMILES string of the molecule is CC1CCC(O)(CNC(=O)CCl)CC1. The van der Waals surface area contributed by atoms with Gasteiger partial charge in [-0.15, -0.1) is 11.6 Å². The lowest BCUT2D eigenvalue weighted by Crippen LogP contribution is -2.45. The second-order valence-electron chi connectivity index (χ2n) is 4.32. The zero-order valence-electron chi connectivity index (χ0n) is 8.55. The van der Waals surface area contributed by atoms with Gasteiger partial charge in [-0.05, 0) is 31.6 Å². The highest BCUT2D eigenvalue weighted by molar-refractivity contribution is 6.27. The fourth-order valence-corrected chi connectivity index (χ4v) is 1.88. The van der Waals surface area contributed by atoms with Crippen LogP contribution in [0.5, 0.6) is 0 Å². The summed E-state index contributed by atoms with van der Waals surface area (Å²) in [4.78, 5) is 10.9. The van der Waals surface area contributed by atoms with Crippen LogP contribution in [-0.2, 0) is 4.79 Å². The third-order valence-electron chi connectivity index (χ3n) is 2.94. The summed E-state index contributed by atoms with van der Waals surface area (Å²) < 4.78 is 0. The second-order valence-corrected chi connectivity index (χ2v) is 4.58. The molecule has 14 heavy (non-hydrogen) atoms. The Morgan fingerprint density at radius 1 is 1.57 bits per heavy atom. The Morgan fingerprint density at radius 2 is 2.14 bits per heavy atom. The van der Waals surface area contributed by atoms with Crippen LogP contribution in [0, 0.1) is 5.92 Å². The van der Waals surface area contributed by atoms with Crippen molar-refractivity contribution in [3.8, 4) is 0 Å². The van der Waals surface area contributed by atoms with Crippen molar-refractivity contribution >= 4 is 17.5 Å². The fraction of sp³-hybridized carbons (Fsp3) is 0.900. The highest BCUT2D eigenvalue weighted by Gasteiger charge is 2.31. The largest absolute Gasteiger partial charge is 0.388 e. The van der Waals surface area contributed by atoms with Gasteiger partial charge in [0.1, 0.15) is 5.88 Å². The number of amides is 1. The Hall–Kier alpha value is -0.280. The molecule has 1 rings (SSSR count). The first kappa shape index (κ1) is 11.8. The van der Waals surface area contributed by atoms with Crippen LogP contribution >= 0.6 is 11.6 Å². The number of alkyl halides is 1. The van der Waals surface area contributed by atoms with Crippen molar-refractivity contribution in [1.29, 1.82) is 0 Å². The van der Waals surface area contributed by atoms with Gasteiger partial charge in [-0.1, -0.05) is 6.92 Å². The van der Waals surface area contributed by atoms with Crippen LogP contribution in [0.15, 0.2) is 0 Å². The first-order chi connectivity index (χ1) is 6.56.